The molecule has 3 unspecified atom stereocenters. The van der Waals surface area contributed by atoms with Crippen molar-refractivity contribution < 1.29 is 80.2 Å². The molecule has 0 fully saturated rings. The number of ether oxygens (including phenoxy) is 4. The van der Waals surface area contributed by atoms with Crippen molar-refractivity contribution in [2.75, 3.05) is 39.6 Å². The van der Waals surface area contributed by atoms with E-state index in [4.69, 9.17) is 37.0 Å². The van der Waals surface area contributed by atoms with Gasteiger partial charge in [0.15, 0.2) is 12.2 Å². The number of phosphoric ester groups is 2. The summed E-state index contributed by atoms with van der Waals surface area (Å²) in [6.07, 6.45) is 47.5. The first-order valence-corrected chi connectivity index (χ1v) is 39.5. The summed E-state index contributed by atoms with van der Waals surface area (Å²) in [5.41, 5.74) is 0. The van der Waals surface area contributed by atoms with Crippen molar-refractivity contribution in [1.82, 2.24) is 0 Å². The Balaban J connectivity index is 5.16. The van der Waals surface area contributed by atoms with Crippen molar-refractivity contribution in [3.05, 3.63) is 0 Å². The number of aliphatic hydroxyl groups excluding tert-OH is 1. The highest BCUT2D eigenvalue weighted by molar-refractivity contribution is 7.47. The molecule has 0 aliphatic rings. The van der Waals surface area contributed by atoms with Gasteiger partial charge in [0.25, 0.3) is 0 Å². The number of carbonyl (C=O) groups excluding carboxylic acids is 4. The van der Waals surface area contributed by atoms with Gasteiger partial charge in [0.1, 0.15) is 19.3 Å². The molecule has 0 rings (SSSR count). The Morgan fingerprint density at radius 1 is 0.326 bits per heavy atom. The van der Waals surface area contributed by atoms with Crippen LogP contribution in [-0.4, -0.2) is 96.7 Å². The lowest BCUT2D eigenvalue weighted by Gasteiger charge is -2.21. The highest BCUT2D eigenvalue weighted by Gasteiger charge is 2.30. The van der Waals surface area contributed by atoms with Gasteiger partial charge in [0.05, 0.1) is 26.4 Å². The van der Waals surface area contributed by atoms with E-state index in [1.807, 2.05) is 0 Å². The van der Waals surface area contributed by atoms with Gasteiger partial charge >= 0.3 is 39.5 Å². The normalized spacial score (nSPS) is 14.4. The Morgan fingerprint density at radius 2 is 0.573 bits per heavy atom. The number of carbonyl (C=O) groups is 4. The molecule has 0 spiro atoms. The zero-order chi connectivity index (χ0) is 65.7. The largest absolute Gasteiger partial charge is 0.472 e. The summed E-state index contributed by atoms with van der Waals surface area (Å²) in [7, 11) is -9.89. The van der Waals surface area contributed by atoms with E-state index >= 15 is 0 Å². The molecule has 3 N–H and O–H groups in total. The van der Waals surface area contributed by atoms with E-state index in [0.29, 0.717) is 25.7 Å². The molecule has 6 atom stereocenters. The molecule has 0 aliphatic carbocycles. The second kappa shape index (κ2) is 62.2. The highest BCUT2D eigenvalue weighted by Crippen LogP contribution is 2.45. The van der Waals surface area contributed by atoms with Crippen LogP contribution in [0.1, 0.15) is 356 Å². The summed E-state index contributed by atoms with van der Waals surface area (Å²) in [6, 6.07) is 0. The lowest BCUT2D eigenvalue weighted by molar-refractivity contribution is -0.161. The fraction of sp³-hybridized carbons (Fsp3) is 0.943. The third-order valence-corrected chi connectivity index (χ3v) is 18.5. The van der Waals surface area contributed by atoms with Crippen molar-refractivity contribution in [3.63, 3.8) is 0 Å². The number of hydrogen-bond donors (Lipinski definition) is 3. The molecule has 0 aliphatic heterocycles. The van der Waals surface area contributed by atoms with Crippen LogP contribution in [0.2, 0.25) is 0 Å². The summed E-state index contributed by atoms with van der Waals surface area (Å²) in [5, 5.41) is 10.6. The van der Waals surface area contributed by atoms with Crippen LogP contribution >= 0.6 is 15.6 Å². The van der Waals surface area contributed by atoms with Crippen LogP contribution in [-0.2, 0) is 65.4 Å². The molecule has 0 radical (unpaired) electrons. The topological polar surface area (TPSA) is 237 Å². The van der Waals surface area contributed by atoms with E-state index in [0.717, 1.165) is 108 Å². The van der Waals surface area contributed by atoms with Gasteiger partial charge in [0, 0.05) is 25.7 Å². The summed E-state index contributed by atoms with van der Waals surface area (Å²) in [4.78, 5) is 72.3. The first kappa shape index (κ1) is 87.1. The fourth-order valence-corrected chi connectivity index (χ4v) is 12.1. The number of aliphatic hydroxyl groups is 1. The van der Waals surface area contributed by atoms with Crippen LogP contribution in [0.4, 0.5) is 0 Å². The molecule has 0 amide bonds. The standard InChI is InChI=1S/C70H136O17P2/c1-7-10-12-14-15-16-17-18-22-25-30-35-41-47-53-68(73)81-59-66(87-69(74)54-48-42-36-31-26-23-20-19-21-24-29-34-40-45-51-63(6)9-3)61-85-89(78,79)83-57-64(71)56-82-88(76,77)84-60-65(58-80-67(72)52-46-38-13-11-8-2)86-70(75)55-49-43-37-32-27-28-33-39-44-50-62(4)5/h62-66,71H,7-61H2,1-6H3,(H,76,77)(H,78,79)/t63?,64-,65+,66+/m0/s1. The maximum absolute atomic E-state index is 13.0. The molecular weight excluding hydrogens is 1170 g/mol. The van der Waals surface area contributed by atoms with E-state index in [-0.39, 0.29) is 25.7 Å². The van der Waals surface area contributed by atoms with Crippen LogP contribution in [0.3, 0.4) is 0 Å². The number of rotatable bonds is 69. The Kier molecular flexibility index (Phi) is 60.8. The first-order chi connectivity index (χ1) is 42.9. The van der Waals surface area contributed by atoms with Crippen molar-refractivity contribution in [3.8, 4) is 0 Å². The molecule has 0 saturated heterocycles. The average Bonchev–Trinajstić information content (AvgIpc) is 3.66. The minimum Gasteiger partial charge on any atom is -0.462 e. The molecule has 17 nitrogen and oxygen atoms in total. The maximum atomic E-state index is 13.0. The Labute approximate surface area is 543 Å². The third kappa shape index (κ3) is 63.2. The maximum Gasteiger partial charge on any atom is 0.472 e. The molecule has 528 valence electrons. The number of esters is 4. The highest BCUT2D eigenvalue weighted by atomic mass is 31.2. The SMILES string of the molecule is CCCCCCCCCCCCCCCCC(=O)OC[C@H](COP(=O)(O)OC[C@@H](O)COP(=O)(O)OC[C@@H](COC(=O)CCCCCCC)OC(=O)CCCCCCCCCCCC(C)C)OC(=O)CCCCCCCCCCCCCCCCC(C)CC. The summed E-state index contributed by atoms with van der Waals surface area (Å²) >= 11 is 0. The summed E-state index contributed by atoms with van der Waals surface area (Å²) in [6.45, 7) is 9.49. The molecule has 89 heavy (non-hydrogen) atoms. The first-order valence-electron chi connectivity index (χ1n) is 36.5. The zero-order valence-corrected chi connectivity index (χ0v) is 59.5. The van der Waals surface area contributed by atoms with Gasteiger partial charge in [-0.1, -0.05) is 305 Å². The second-order valence-electron chi connectivity index (χ2n) is 26.0. The molecule has 0 heterocycles. The Bertz CT molecular complexity index is 1740. The lowest BCUT2D eigenvalue weighted by Crippen LogP contribution is -2.30. The Morgan fingerprint density at radius 3 is 0.854 bits per heavy atom. The van der Waals surface area contributed by atoms with E-state index in [1.54, 1.807) is 0 Å². The number of hydrogen-bond acceptors (Lipinski definition) is 15. The van der Waals surface area contributed by atoms with Crippen molar-refractivity contribution in [1.29, 1.82) is 0 Å². The van der Waals surface area contributed by atoms with Crippen LogP contribution in [0.5, 0.6) is 0 Å². The predicted octanol–water partition coefficient (Wildman–Crippen LogP) is 20.0. The van der Waals surface area contributed by atoms with E-state index < -0.39 is 97.5 Å². The third-order valence-electron chi connectivity index (χ3n) is 16.6. The molecule has 0 aromatic rings. The summed E-state index contributed by atoms with van der Waals surface area (Å²) < 4.78 is 68.1. The second-order valence-corrected chi connectivity index (χ2v) is 28.9. The van der Waals surface area contributed by atoms with Crippen molar-refractivity contribution in [2.45, 2.75) is 374 Å². The quantitative estimate of drug-likeness (QED) is 0.0222. The van der Waals surface area contributed by atoms with Gasteiger partial charge in [-0.2, -0.15) is 0 Å². The van der Waals surface area contributed by atoms with Crippen molar-refractivity contribution >= 4 is 39.5 Å². The van der Waals surface area contributed by atoms with Crippen LogP contribution in [0, 0.1) is 11.8 Å². The molecule has 0 bridgehead atoms. The minimum atomic E-state index is -4.95. The van der Waals surface area contributed by atoms with E-state index in [1.165, 1.54) is 167 Å². The van der Waals surface area contributed by atoms with Crippen LogP contribution in [0.15, 0.2) is 0 Å². The van der Waals surface area contributed by atoms with E-state index in [9.17, 15) is 43.2 Å². The number of unbranched alkanes of at least 4 members (excludes halogenated alkanes) is 38. The average molecular weight is 1310 g/mol. The molecular formula is C70H136O17P2. The van der Waals surface area contributed by atoms with Gasteiger partial charge < -0.3 is 33.8 Å². The van der Waals surface area contributed by atoms with Gasteiger partial charge in [-0.25, -0.2) is 9.13 Å². The zero-order valence-electron chi connectivity index (χ0n) is 57.7. The van der Waals surface area contributed by atoms with Gasteiger partial charge in [-0.15, -0.1) is 0 Å². The van der Waals surface area contributed by atoms with Gasteiger partial charge in [0.2, 0.25) is 0 Å². The van der Waals surface area contributed by atoms with Crippen molar-refractivity contribution in [2.24, 2.45) is 11.8 Å². The minimum absolute atomic E-state index is 0.104. The molecule has 0 aromatic carbocycles. The smallest absolute Gasteiger partial charge is 0.462 e. The monoisotopic (exact) mass is 1310 g/mol. The predicted molar refractivity (Wildman–Crippen MR) is 358 cm³/mol. The molecule has 19 heteroatoms. The van der Waals surface area contributed by atoms with Gasteiger partial charge in [-0.3, -0.25) is 37.3 Å². The Hall–Kier alpha value is -1.94. The van der Waals surface area contributed by atoms with Gasteiger partial charge in [-0.05, 0) is 37.5 Å². The van der Waals surface area contributed by atoms with Crippen LogP contribution < -0.4 is 0 Å². The molecule has 0 aromatic heterocycles. The van der Waals surface area contributed by atoms with E-state index in [2.05, 4.69) is 41.5 Å². The fourth-order valence-electron chi connectivity index (χ4n) is 10.6. The number of phosphoric acid groups is 2. The lowest BCUT2D eigenvalue weighted by atomic mass is 9.99. The van der Waals surface area contributed by atoms with Crippen LogP contribution in [0.25, 0.3) is 0 Å². The molecule has 0 saturated carbocycles. The summed E-state index contributed by atoms with van der Waals surface area (Å²) in [5.74, 6) is -0.552.